The zero-order valence-corrected chi connectivity index (χ0v) is 11.2. The van der Waals surface area contributed by atoms with Crippen LogP contribution in [0.15, 0.2) is 30.3 Å². The molecule has 2 aliphatic heterocycles. The smallest absolute Gasteiger partial charge is 0.311 e. The van der Waals surface area contributed by atoms with Gasteiger partial charge in [-0.3, -0.25) is 4.79 Å². The van der Waals surface area contributed by atoms with E-state index in [4.69, 9.17) is 14.2 Å². The maximum Gasteiger partial charge on any atom is 0.311 e. The summed E-state index contributed by atoms with van der Waals surface area (Å²) in [6.07, 6.45) is 0.0123. The summed E-state index contributed by atoms with van der Waals surface area (Å²) in [4.78, 5) is 11.5. The summed E-state index contributed by atoms with van der Waals surface area (Å²) in [5, 5.41) is 0. The van der Waals surface area contributed by atoms with Crippen molar-refractivity contribution in [3.63, 3.8) is 0 Å². The van der Waals surface area contributed by atoms with Gasteiger partial charge in [-0.15, -0.1) is 0 Å². The first-order chi connectivity index (χ1) is 9.08. The highest BCUT2D eigenvalue weighted by atomic mass is 16.8. The zero-order valence-electron chi connectivity index (χ0n) is 11.2. The maximum absolute atomic E-state index is 11.5. The summed E-state index contributed by atoms with van der Waals surface area (Å²) in [6.45, 7) is 4.34. The number of hydrogen-bond donors (Lipinski definition) is 0. The van der Waals surface area contributed by atoms with Crippen LogP contribution in [-0.4, -0.2) is 24.0 Å². The molecule has 3 rings (SSSR count). The van der Waals surface area contributed by atoms with Gasteiger partial charge in [0.2, 0.25) is 5.79 Å². The van der Waals surface area contributed by atoms with E-state index in [0.717, 1.165) is 5.56 Å². The van der Waals surface area contributed by atoms with Crippen LogP contribution in [0.1, 0.15) is 25.8 Å². The Balaban J connectivity index is 1.72. The Morgan fingerprint density at radius 2 is 2.11 bits per heavy atom. The first-order valence-corrected chi connectivity index (χ1v) is 6.64. The summed E-state index contributed by atoms with van der Waals surface area (Å²) in [5.74, 6) is -0.981. The molecule has 0 aromatic heterocycles. The van der Waals surface area contributed by atoms with E-state index in [1.807, 2.05) is 37.3 Å². The molecule has 4 atom stereocenters. The standard InChI is InChI=1S/C15H18O4/c1-10-12-8-13(16)19-15(2,18-12)14(10)17-9-11-6-4-3-5-7-11/h3-7,10,12,14H,8-9H2,1-2H3/t10-,12+,14+,15-/m1/s1. The second kappa shape index (κ2) is 4.62. The van der Waals surface area contributed by atoms with Crippen LogP contribution in [0.5, 0.6) is 0 Å². The van der Waals surface area contributed by atoms with Gasteiger partial charge >= 0.3 is 5.97 Å². The van der Waals surface area contributed by atoms with Gasteiger partial charge < -0.3 is 14.2 Å². The Morgan fingerprint density at radius 1 is 1.37 bits per heavy atom. The SMILES string of the molecule is C[C@@H]1[C@@H]2CC(=O)O[C@@](C)(O2)[C@H]1OCc1ccccc1. The number of benzene rings is 1. The van der Waals surface area contributed by atoms with E-state index in [0.29, 0.717) is 13.0 Å². The third-order valence-corrected chi connectivity index (χ3v) is 3.92. The third kappa shape index (κ3) is 2.26. The van der Waals surface area contributed by atoms with Gasteiger partial charge in [0.05, 0.1) is 19.1 Å². The molecule has 2 aliphatic rings. The lowest BCUT2D eigenvalue weighted by atomic mass is 9.96. The number of carbonyl (C=O) groups excluding carboxylic acids is 1. The Bertz CT molecular complexity index is 472. The number of hydrogen-bond acceptors (Lipinski definition) is 4. The average Bonchev–Trinajstić information content (AvgIpc) is 2.55. The summed E-state index contributed by atoms with van der Waals surface area (Å²) >= 11 is 0. The first-order valence-electron chi connectivity index (χ1n) is 6.64. The molecule has 0 radical (unpaired) electrons. The van der Waals surface area contributed by atoms with Gasteiger partial charge in [0, 0.05) is 12.8 Å². The normalized spacial score (nSPS) is 37.2. The van der Waals surface area contributed by atoms with Crippen LogP contribution < -0.4 is 0 Å². The summed E-state index contributed by atoms with van der Waals surface area (Å²) in [5.41, 5.74) is 1.10. The number of esters is 1. The van der Waals surface area contributed by atoms with Crippen LogP contribution in [0.4, 0.5) is 0 Å². The predicted octanol–water partition coefficient (Wildman–Crippen LogP) is 2.27. The molecule has 0 amide bonds. The summed E-state index contributed by atoms with van der Waals surface area (Å²) in [6, 6.07) is 9.96. The first kappa shape index (κ1) is 12.6. The minimum absolute atomic E-state index is 0.0907. The lowest BCUT2D eigenvalue weighted by Gasteiger charge is -2.32. The van der Waals surface area contributed by atoms with E-state index in [1.165, 1.54) is 0 Å². The van der Waals surface area contributed by atoms with E-state index in [-0.39, 0.29) is 24.1 Å². The van der Waals surface area contributed by atoms with Gasteiger partial charge in [-0.05, 0) is 5.56 Å². The second-order valence-electron chi connectivity index (χ2n) is 5.43. The van der Waals surface area contributed by atoms with Gasteiger partial charge in [0.1, 0.15) is 6.10 Å². The molecule has 2 heterocycles. The molecule has 2 bridgehead atoms. The second-order valence-corrected chi connectivity index (χ2v) is 5.43. The van der Waals surface area contributed by atoms with E-state index < -0.39 is 5.79 Å². The molecule has 4 nitrogen and oxygen atoms in total. The van der Waals surface area contributed by atoms with Gasteiger partial charge in [0.25, 0.3) is 0 Å². The van der Waals surface area contributed by atoms with Crippen LogP contribution in [0.25, 0.3) is 0 Å². The number of carbonyl (C=O) groups is 1. The van der Waals surface area contributed by atoms with Crippen LogP contribution in [-0.2, 0) is 25.6 Å². The van der Waals surface area contributed by atoms with Crippen LogP contribution in [0.3, 0.4) is 0 Å². The molecule has 0 saturated carbocycles. The molecule has 2 saturated heterocycles. The van der Waals surface area contributed by atoms with E-state index >= 15 is 0 Å². The quantitative estimate of drug-likeness (QED) is 0.784. The number of rotatable bonds is 3. The van der Waals surface area contributed by atoms with Gasteiger partial charge in [-0.25, -0.2) is 0 Å². The van der Waals surface area contributed by atoms with Crippen molar-refractivity contribution in [2.75, 3.05) is 0 Å². The molecule has 0 aliphatic carbocycles. The fourth-order valence-corrected chi connectivity index (χ4v) is 2.95. The van der Waals surface area contributed by atoms with Crippen LogP contribution >= 0.6 is 0 Å². The molecule has 0 spiro atoms. The zero-order chi connectivity index (χ0) is 13.5. The predicted molar refractivity (Wildman–Crippen MR) is 68.2 cm³/mol. The van der Waals surface area contributed by atoms with Crippen molar-refractivity contribution in [3.05, 3.63) is 35.9 Å². The van der Waals surface area contributed by atoms with Crippen molar-refractivity contribution in [2.24, 2.45) is 5.92 Å². The molecule has 19 heavy (non-hydrogen) atoms. The Kier molecular flexibility index (Phi) is 3.07. The largest absolute Gasteiger partial charge is 0.430 e. The van der Waals surface area contributed by atoms with Crippen LogP contribution in [0, 0.1) is 5.92 Å². The Hall–Kier alpha value is -1.39. The Labute approximate surface area is 112 Å². The lowest BCUT2D eigenvalue weighted by Crippen LogP contribution is -2.45. The fourth-order valence-electron chi connectivity index (χ4n) is 2.95. The third-order valence-electron chi connectivity index (χ3n) is 3.92. The average molecular weight is 262 g/mol. The highest BCUT2D eigenvalue weighted by Gasteiger charge is 2.57. The van der Waals surface area contributed by atoms with Crippen LogP contribution in [0.2, 0.25) is 0 Å². The minimum Gasteiger partial charge on any atom is -0.430 e. The summed E-state index contributed by atoms with van der Waals surface area (Å²) in [7, 11) is 0. The van der Waals surface area contributed by atoms with E-state index in [1.54, 1.807) is 6.92 Å². The van der Waals surface area contributed by atoms with Crippen molar-refractivity contribution in [1.82, 2.24) is 0 Å². The highest BCUT2D eigenvalue weighted by Crippen LogP contribution is 2.43. The van der Waals surface area contributed by atoms with Crippen molar-refractivity contribution < 1.29 is 19.0 Å². The molecule has 102 valence electrons. The van der Waals surface area contributed by atoms with Gasteiger partial charge in [-0.2, -0.15) is 0 Å². The van der Waals surface area contributed by atoms with E-state index in [9.17, 15) is 4.79 Å². The molecule has 0 unspecified atom stereocenters. The summed E-state index contributed by atoms with van der Waals surface area (Å²) < 4.78 is 17.1. The molecular formula is C15H18O4. The van der Waals surface area contributed by atoms with Gasteiger partial charge in [-0.1, -0.05) is 37.3 Å². The number of ether oxygens (including phenoxy) is 3. The van der Waals surface area contributed by atoms with Crippen molar-refractivity contribution in [2.45, 2.75) is 44.9 Å². The Morgan fingerprint density at radius 3 is 2.84 bits per heavy atom. The molecule has 4 heteroatoms. The molecule has 2 fully saturated rings. The lowest BCUT2D eigenvalue weighted by molar-refractivity contribution is -0.265. The molecular weight excluding hydrogens is 244 g/mol. The van der Waals surface area contributed by atoms with E-state index in [2.05, 4.69) is 0 Å². The van der Waals surface area contributed by atoms with Gasteiger partial charge in [0.15, 0.2) is 0 Å². The van der Waals surface area contributed by atoms with Crippen molar-refractivity contribution in [3.8, 4) is 0 Å². The monoisotopic (exact) mass is 262 g/mol. The molecule has 1 aromatic carbocycles. The highest BCUT2D eigenvalue weighted by molar-refractivity contribution is 5.71. The number of fused-ring (bicyclic) bond motifs is 2. The van der Waals surface area contributed by atoms with Crippen molar-refractivity contribution >= 4 is 5.97 Å². The van der Waals surface area contributed by atoms with Crippen molar-refractivity contribution in [1.29, 1.82) is 0 Å². The fraction of sp³-hybridized carbons (Fsp3) is 0.533. The maximum atomic E-state index is 11.5. The molecule has 0 N–H and O–H groups in total. The molecule has 1 aromatic rings. The minimum atomic E-state index is -0.936. The topological polar surface area (TPSA) is 44.8 Å².